The number of ketones is 2. The Morgan fingerprint density at radius 3 is 2.35 bits per heavy atom. The maximum Gasteiger partial charge on any atom is 0.292 e. The number of hydrogen-bond donors (Lipinski definition) is 2. The Labute approximate surface area is 181 Å². The van der Waals surface area contributed by atoms with E-state index in [-0.39, 0.29) is 21.4 Å². The minimum absolute atomic E-state index is 0.133. The van der Waals surface area contributed by atoms with Crippen molar-refractivity contribution in [1.29, 1.82) is 0 Å². The van der Waals surface area contributed by atoms with Crippen LogP contribution in [0.1, 0.15) is 27.3 Å². The molecule has 0 aliphatic rings. The van der Waals surface area contributed by atoms with Crippen molar-refractivity contribution in [2.75, 3.05) is 10.6 Å². The summed E-state index contributed by atoms with van der Waals surface area (Å²) in [5, 5.41) is 16.8. The molecule has 2 N–H and O–H groups in total. The summed E-state index contributed by atoms with van der Waals surface area (Å²) in [6, 6.07) is 13.0. The Kier molecular flexibility index (Phi) is 6.51. The molecule has 0 unspecified atom stereocenters. The first-order valence-corrected chi connectivity index (χ1v) is 9.98. The van der Waals surface area contributed by atoms with Crippen LogP contribution in [0.3, 0.4) is 0 Å². The van der Waals surface area contributed by atoms with Crippen molar-refractivity contribution < 1.29 is 19.3 Å². The van der Waals surface area contributed by atoms with Gasteiger partial charge in [0.05, 0.1) is 21.9 Å². The number of aromatic nitrogens is 1. The van der Waals surface area contributed by atoms with E-state index in [2.05, 4.69) is 15.6 Å². The van der Waals surface area contributed by atoms with Crippen molar-refractivity contribution in [1.82, 2.24) is 4.98 Å². The van der Waals surface area contributed by atoms with Gasteiger partial charge in [-0.15, -0.1) is 0 Å². The molecule has 1 heterocycles. The normalized spacial score (nSPS) is 10.4. The van der Waals surface area contributed by atoms with Gasteiger partial charge in [-0.1, -0.05) is 41.7 Å². The fourth-order valence-electron chi connectivity index (χ4n) is 2.77. The van der Waals surface area contributed by atoms with Gasteiger partial charge in [0.1, 0.15) is 5.69 Å². The van der Waals surface area contributed by atoms with Crippen LogP contribution in [0.2, 0.25) is 0 Å². The van der Waals surface area contributed by atoms with Gasteiger partial charge in [0, 0.05) is 11.8 Å². The van der Waals surface area contributed by atoms with Gasteiger partial charge in [0.2, 0.25) is 5.78 Å². The van der Waals surface area contributed by atoms with Crippen LogP contribution in [0.5, 0.6) is 0 Å². The summed E-state index contributed by atoms with van der Waals surface area (Å²) in [5.74, 6) is -2.28. The third-order valence-electron chi connectivity index (χ3n) is 4.36. The average Bonchev–Trinajstić information content (AvgIpc) is 3.10. The highest BCUT2D eigenvalue weighted by molar-refractivity contribution is 7.17. The van der Waals surface area contributed by atoms with Crippen molar-refractivity contribution in [3.8, 4) is 0 Å². The number of nitro groups is 1. The molecule has 1 amide bonds. The van der Waals surface area contributed by atoms with E-state index in [4.69, 9.17) is 0 Å². The highest BCUT2D eigenvalue weighted by Crippen LogP contribution is 2.31. The summed E-state index contributed by atoms with van der Waals surface area (Å²) < 4.78 is 0. The van der Waals surface area contributed by atoms with Gasteiger partial charge in [-0.05, 0) is 31.5 Å². The lowest BCUT2D eigenvalue weighted by Crippen LogP contribution is -2.25. The zero-order chi connectivity index (χ0) is 22.5. The van der Waals surface area contributed by atoms with Crippen LogP contribution in [0.4, 0.5) is 22.2 Å². The molecule has 0 saturated heterocycles. The predicted molar refractivity (Wildman–Crippen MR) is 117 cm³/mol. The van der Waals surface area contributed by atoms with Crippen LogP contribution in [-0.4, -0.2) is 27.4 Å². The third kappa shape index (κ3) is 5.17. The standard InChI is InChI=1S/C21H18N4O5S/c1-12-7-3-4-8-14(12)23-20(28)18(27)11-17(26)19-13(2)22-21(31-19)24-15-9-5-6-10-16(15)25(29)30/h3-10H,11H2,1-2H3,(H,22,24)(H,23,28). The largest absolute Gasteiger partial charge is 0.326 e. The maximum atomic E-state index is 12.6. The van der Waals surface area contributed by atoms with Crippen LogP contribution < -0.4 is 10.6 Å². The number of hydrogen-bond acceptors (Lipinski definition) is 8. The molecule has 9 nitrogen and oxygen atoms in total. The second-order valence-corrected chi connectivity index (χ2v) is 7.62. The van der Waals surface area contributed by atoms with Crippen molar-refractivity contribution >= 4 is 51.0 Å². The third-order valence-corrected chi connectivity index (χ3v) is 5.47. The first-order valence-electron chi connectivity index (χ1n) is 9.17. The Balaban J connectivity index is 1.69. The first kappa shape index (κ1) is 21.8. The highest BCUT2D eigenvalue weighted by Gasteiger charge is 2.23. The molecule has 3 aromatic rings. The number of amides is 1. The Morgan fingerprint density at radius 1 is 1.03 bits per heavy atom. The van der Waals surface area contributed by atoms with Gasteiger partial charge in [0.25, 0.3) is 11.6 Å². The maximum absolute atomic E-state index is 12.6. The fraction of sp³-hybridized carbons (Fsp3) is 0.143. The van der Waals surface area contributed by atoms with Crippen LogP contribution in [0.25, 0.3) is 0 Å². The molecule has 0 atom stereocenters. The number of nitrogens with zero attached hydrogens (tertiary/aromatic N) is 2. The Morgan fingerprint density at radius 2 is 1.68 bits per heavy atom. The van der Waals surface area contributed by atoms with E-state index < -0.39 is 28.8 Å². The van der Waals surface area contributed by atoms with Crippen LogP contribution in [0, 0.1) is 24.0 Å². The van der Waals surface area contributed by atoms with E-state index in [1.807, 2.05) is 0 Å². The molecule has 0 bridgehead atoms. The number of carbonyl (C=O) groups excluding carboxylic acids is 3. The number of benzene rings is 2. The predicted octanol–water partition coefficient (Wildman–Crippen LogP) is 4.19. The molecule has 1 aromatic heterocycles. The molecule has 0 saturated carbocycles. The summed E-state index contributed by atoms with van der Waals surface area (Å²) in [6.45, 7) is 3.38. The smallest absolute Gasteiger partial charge is 0.292 e. The number of para-hydroxylation sites is 3. The van der Waals surface area contributed by atoms with E-state index in [1.54, 1.807) is 50.2 Å². The van der Waals surface area contributed by atoms with Crippen molar-refractivity contribution in [2.24, 2.45) is 0 Å². The molecule has 0 radical (unpaired) electrons. The second-order valence-electron chi connectivity index (χ2n) is 6.62. The summed E-state index contributed by atoms with van der Waals surface area (Å²) >= 11 is 0.965. The van der Waals surface area contributed by atoms with Crippen LogP contribution in [-0.2, 0) is 9.59 Å². The molecule has 0 spiro atoms. The van der Waals surface area contributed by atoms with E-state index in [0.717, 1.165) is 16.9 Å². The van der Waals surface area contributed by atoms with Crippen molar-refractivity contribution in [2.45, 2.75) is 20.3 Å². The molecule has 158 valence electrons. The summed E-state index contributed by atoms with van der Waals surface area (Å²) in [4.78, 5) is 52.0. The van der Waals surface area contributed by atoms with E-state index in [9.17, 15) is 24.5 Å². The molecule has 0 fully saturated rings. The molecule has 0 aliphatic heterocycles. The monoisotopic (exact) mass is 438 g/mol. The number of aryl methyl sites for hydroxylation is 2. The second kappa shape index (κ2) is 9.26. The quantitative estimate of drug-likeness (QED) is 0.177. The molecule has 31 heavy (non-hydrogen) atoms. The summed E-state index contributed by atoms with van der Waals surface area (Å²) in [7, 11) is 0. The van der Waals surface area contributed by atoms with Gasteiger partial charge in [-0.25, -0.2) is 4.98 Å². The lowest BCUT2D eigenvalue weighted by Gasteiger charge is -2.06. The molecular formula is C21H18N4O5S. The molecule has 3 rings (SSSR count). The minimum Gasteiger partial charge on any atom is -0.326 e. The van der Waals surface area contributed by atoms with Crippen LogP contribution >= 0.6 is 11.3 Å². The summed E-state index contributed by atoms with van der Waals surface area (Å²) in [5.41, 5.74) is 1.75. The molecule has 10 heteroatoms. The van der Waals surface area contributed by atoms with Gasteiger partial charge in [0.15, 0.2) is 10.9 Å². The average molecular weight is 438 g/mol. The van der Waals surface area contributed by atoms with Crippen molar-refractivity contribution in [3.63, 3.8) is 0 Å². The SMILES string of the molecule is Cc1ccccc1NC(=O)C(=O)CC(=O)c1sc(Nc2ccccc2[N+](=O)[O-])nc1C. The van der Waals surface area contributed by atoms with Crippen molar-refractivity contribution in [3.05, 3.63) is 74.8 Å². The zero-order valence-electron chi connectivity index (χ0n) is 16.7. The minimum atomic E-state index is -0.872. The first-order chi connectivity index (χ1) is 14.8. The number of nitro benzene ring substituents is 1. The number of Topliss-reactive ketones (excluding diaryl/α,β-unsaturated/α-hetero) is 2. The number of rotatable bonds is 8. The number of anilines is 3. The van der Waals surface area contributed by atoms with Gasteiger partial charge >= 0.3 is 0 Å². The van der Waals surface area contributed by atoms with Gasteiger partial charge < -0.3 is 10.6 Å². The number of carbonyl (C=O) groups is 3. The van der Waals surface area contributed by atoms with E-state index >= 15 is 0 Å². The molecule has 0 aliphatic carbocycles. The Hall–Kier alpha value is -3.92. The number of thiazole rings is 1. The summed E-state index contributed by atoms with van der Waals surface area (Å²) in [6.07, 6.45) is -0.605. The zero-order valence-corrected chi connectivity index (χ0v) is 17.5. The fourth-order valence-corrected chi connectivity index (χ4v) is 3.69. The topological polar surface area (TPSA) is 131 Å². The highest BCUT2D eigenvalue weighted by atomic mass is 32.1. The molecule has 2 aromatic carbocycles. The van der Waals surface area contributed by atoms with E-state index in [0.29, 0.717) is 11.4 Å². The van der Waals surface area contributed by atoms with Gasteiger partial charge in [-0.2, -0.15) is 0 Å². The molecular weight excluding hydrogens is 420 g/mol. The number of nitrogens with one attached hydrogen (secondary N) is 2. The van der Waals surface area contributed by atoms with Crippen LogP contribution in [0.15, 0.2) is 48.5 Å². The van der Waals surface area contributed by atoms with E-state index in [1.165, 1.54) is 12.1 Å². The lowest BCUT2D eigenvalue weighted by atomic mass is 10.1. The lowest BCUT2D eigenvalue weighted by molar-refractivity contribution is -0.383. The Bertz CT molecular complexity index is 1190. The van der Waals surface area contributed by atoms with Gasteiger partial charge in [-0.3, -0.25) is 24.5 Å².